The fourth-order valence-electron chi connectivity index (χ4n) is 4.26. The number of rotatable bonds is 2. The molecule has 4 nitrogen and oxygen atoms in total. The number of hydrogen-bond donors (Lipinski definition) is 2. The average Bonchev–Trinajstić information content (AvgIpc) is 3.76. The van der Waals surface area contributed by atoms with Crippen molar-refractivity contribution in [2.75, 3.05) is 0 Å². The molecule has 3 aromatic heterocycles. The Bertz CT molecular complexity index is 1680. The van der Waals surface area contributed by atoms with Gasteiger partial charge in [0.1, 0.15) is 0 Å². The third-order valence-corrected chi connectivity index (χ3v) is 6.11. The smallest absolute Gasteiger partial charge is 0.0659 e. The molecule has 2 N–H and O–H groups in total. The van der Waals surface area contributed by atoms with E-state index in [0.29, 0.717) is 0 Å². The first-order valence-electron chi connectivity index (χ1n) is 12.6. The second-order valence-electron chi connectivity index (χ2n) is 9.06. The fraction of sp³-hybridized carbons (Fsp3) is 0. The summed E-state index contributed by atoms with van der Waals surface area (Å²) in [5, 5.41) is 0. The number of benzene rings is 2. The molecule has 2 aromatic carbocycles. The standard InChI is InChI=1S/C20H14N4.C14H12.Pt/c1-2-14-10-16-5-6-18(23-16)12-20-8-7-19(24-20)11-17-4-3-15(22-17)9-13(1)21-14;1-3-7-13(8-4-1)11-12-14-9-5-2-6-10-14;/h1-12,21-22H;1-12H;. The number of aromatic amines is 2. The summed E-state index contributed by atoms with van der Waals surface area (Å²) in [6.07, 6.45) is 12.3. The Kier molecular flexibility index (Phi) is 8.26. The molecule has 0 aliphatic carbocycles. The molecule has 192 valence electrons. The molecule has 2 aliphatic rings. The molecule has 5 heteroatoms. The van der Waals surface area contributed by atoms with Crippen LogP contribution in [0.3, 0.4) is 0 Å². The van der Waals surface area contributed by atoms with Gasteiger partial charge in [0.25, 0.3) is 0 Å². The Labute approximate surface area is 241 Å². The molecule has 0 saturated carbocycles. The van der Waals surface area contributed by atoms with E-state index in [0.717, 1.165) is 44.8 Å². The van der Waals surface area contributed by atoms with E-state index in [2.05, 4.69) is 86.7 Å². The predicted molar refractivity (Wildman–Crippen MR) is 161 cm³/mol. The van der Waals surface area contributed by atoms with Crippen molar-refractivity contribution in [3.8, 4) is 0 Å². The topological polar surface area (TPSA) is 57.4 Å². The minimum atomic E-state index is 0. The number of nitrogens with zero attached hydrogens (tertiary/aromatic N) is 2. The predicted octanol–water partition coefficient (Wildman–Crippen LogP) is 8.51. The molecule has 2 aliphatic heterocycles. The maximum absolute atomic E-state index is 4.62. The third-order valence-electron chi connectivity index (χ3n) is 6.11. The van der Waals surface area contributed by atoms with Crippen LogP contribution in [0.2, 0.25) is 0 Å². The summed E-state index contributed by atoms with van der Waals surface area (Å²) in [6, 6.07) is 37.0. The first-order valence-corrected chi connectivity index (χ1v) is 12.6. The molecule has 0 spiro atoms. The summed E-state index contributed by atoms with van der Waals surface area (Å²) in [5.74, 6) is 0. The number of H-pyrrole nitrogens is 2. The van der Waals surface area contributed by atoms with Crippen molar-refractivity contribution < 1.29 is 21.1 Å². The Balaban J connectivity index is 0.000000177. The quantitative estimate of drug-likeness (QED) is 0.179. The monoisotopic (exact) mass is 685 g/mol. The maximum Gasteiger partial charge on any atom is 0.0659 e. The van der Waals surface area contributed by atoms with Gasteiger partial charge < -0.3 is 9.97 Å². The molecule has 5 aromatic rings. The zero-order valence-corrected chi connectivity index (χ0v) is 23.3. The molecule has 0 radical (unpaired) electrons. The second-order valence-corrected chi connectivity index (χ2v) is 9.06. The van der Waals surface area contributed by atoms with Crippen LogP contribution in [-0.2, 0) is 21.1 Å². The van der Waals surface area contributed by atoms with Gasteiger partial charge in [0.15, 0.2) is 0 Å². The van der Waals surface area contributed by atoms with Crippen molar-refractivity contribution in [1.29, 1.82) is 0 Å². The van der Waals surface area contributed by atoms with Crippen LogP contribution in [0.1, 0.15) is 33.9 Å². The second kappa shape index (κ2) is 12.3. The first-order chi connectivity index (χ1) is 18.7. The van der Waals surface area contributed by atoms with E-state index in [4.69, 9.17) is 0 Å². The van der Waals surface area contributed by atoms with E-state index < -0.39 is 0 Å². The Morgan fingerprint density at radius 3 is 1.18 bits per heavy atom. The summed E-state index contributed by atoms with van der Waals surface area (Å²) < 4.78 is 0. The molecule has 0 fully saturated rings. The van der Waals surface area contributed by atoms with Gasteiger partial charge >= 0.3 is 0 Å². The molecule has 8 bridgehead atoms. The molecule has 39 heavy (non-hydrogen) atoms. The van der Waals surface area contributed by atoms with E-state index in [1.165, 1.54) is 11.1 Å². The average molecular weight is 686 g/mol. The number of fused-ring (bicyclic) bond motifs is 8. The minimum absolute atomic E-state index is 0. The van der Waals surface area contributed by atoms with Crippen LogP contribution in [0.15, 0.2) is 109 Å². The van der Waals surface area contributed by atoms with E-state index in [1.54, 1.807) is 0 Å². The molecule has 0 amide bonds. The van der Waals surface area contributed by atoms with E-state index in [1.807, 2.05) is 78.9 Å². The number of nitrogens with one attached hydrogen (secondary N) is 2. The number of hydrogen-bond acceptors (Lipinski definition) is 2. The van der Waals surface area contributed by atoms with Gasteiger partial charge in [-0.25, -0.2) is 9.97 Å². The summed E-state index contributed by atoms with van der Waals surface area (Å²) in [4.78, 5) is 16.0. The normalized spacial score (nSPS) is 11.6. The largest absolute Gasteiger partial charge is 0.355 e. The minimum Gasteiger partial charge on any atom is -0.355 e. The van der Waals surface area contributed by atoms with Crippen LogP contribution in [0.5, 0.6) is 0 Å². The molecule has 7 rings (SSSR count). The summed E-state index contributed by atoms with van der Waals surface area (Å²) in [7, 11) is 0. The van der Waals surface area contributed by atoms with Crippen LogP contribution in [0.25, 0.3) is 58.5 Å². The van der Waals surface area contributed by atoms with Crippen molar-refractivity contribution in [3.63, 3.8) is 0 Å². The van der Waals surface area contributed by atoms with Crippen LogP contribution in [0.4, 0.5) is 0 Å². The maximum atomic E-state index is 4.62. The van der Waals surface area contributed by atoms with Gasteiger partial charge in [-0.2, -0.15) is 0 Å². The third kappa shape index (κ3) is 7.07. The van der Waals surface area contributed by atoms with Gasteiger partial charge in [-0.1, -0.05) is 72.8 Å². The summed E-state index contributed by atoms with van der Waals surface area (Å²) in [5.41, 5.74) is 10.3. The zero-order chi connectivity index (χ0) is 25.6. The summed E-state index contributed by atoms with van der Waals surface area (Å²) in [6.45, 7) is 0. The zero-order valence-electron chi connectivity index (χ0n) is 21.1. The molecule has 0 saturated heterocycles. The van der Waals surface area contributed by atoms with Crippen LogP contribution in [0, 0.1) is 0 Å². The summed E-state index contributed by atoms with van der Waals surface area (Å²) >= 11 is 0. The van der Waals surface area contributed by atoms with Gasteiger partial charge in [-0.05, 0) is 84.0 Å². The van der Waals surface area contributed by atoms with Crippen LogP contribution >= 0.6 is 0 Å². The van der Waals surface area contributed by atoms with E-state index >= 15 is 0 Å². The van der Waals surface area contributed by atoms with E-state index in [-0.39, 0.29) is 21.1 Å². The van der Waals surface area contributed by atoms with Gasteiger partial charge in [0, 0.05) is 43.1 Å². The van der Waals surface area contributed by atoms with Crippen molar-refractivity contribution in [2.45, 2.75) is 0 Å². The van der Waals surface area contributed by atoms with Gasteiger partial charge in [-0.3, -0.25) is 0 Å². The van der Waals surface area contributed by atoms with Gasteiger partial charge in [0.2, 0.25) is 0 Å². The van der Waals surface area contributed by atoms with Gasteiger partial charge in [-0.15, -0.1) is 0 Å². The molecule has 5 heterocycles. The van der Waals surface area contributed by atoms with Crippen molar-refractivity contribution in [1.82, 2.24) is 19.9 Å². The van der Waals surface area contributed by atoms with Crippen molar-refractivity contribution in [2.24, 2.45) is 0 Å². The fourth-order valence-corrected chi connectivity index (χ4v) is 4.26. The molecular formula is C34H26N4Pt. The van der Waals surface area contributed by atoms with E-state index in [9.17, 15) is 0 Å². The SMILES string of the molecule is C(=Cc1ccccc1)c1ccccc1.C1=Cc2cc3ccc(cc4ccc(cc5nc(cc1n2)C=C5)[nH]4)[nH]3.[Pt]. The van der Waals surface area contributed by atoms with Crippen molar-refractivity contribution in [3.05, 3.63) is 143 Å². The van der Waals surface area contributed by atoms with Crippen molar-refractivity contribution >= 4 is 58.5 Å². The van der Waals surface area contributed by atoms with Crippen LogP contribution < -0.4 is 0 Å². The molecular weight excluding hydrogens is 659 g/mol. The Morgan fingerprint density at radius 1 is 0.410 bits per heavy atom. The van der Waals surface area contributed by atoms with Crippen LogP contribution in [-0.4, -0.2) is 19.9 Å². The van der Waals surface area contributed by atoms with Gasteiger partial charge in [0.05, 0.1) is 22.8 Å². The number of aromatic nitrogens is 4. The first kappa shape index (κ1) is 26.1. The Hall–Kier alpha value is -4.53. The Morgan fingerprint density at radius 2 is 0.769 bits per heavy atom. The molecule has 0 unspecified atom stereocenters. The molecule has 0 atom stereocenters.